The molecule has 9 heteroatoms. The molecule has 35 heavy (non-hydrogen) atoms. The van der Waals surface area contributed by atoms with Crippen LogP contribution in [0.1, 0.15) is 31.8 Å². The molecule has 0 aromatic heterocycles. The number of hydrogen-bond acceptors (Lipinski definition) is 8. The van der Waals surface area contributed by atoms with Gasteiger partial charge in [-0.2, -0.15) is 0 Å². The predicted molar refractivity (Wildman–Crippen MR) is 126 cm³/mol. The topological polar surface area (TPSA) is 89.5 Å². The smallest absolute Gasteiger partial charge is 0.351 e. The summed E-state index contributed by atoms with van der Waals surface area (Å²) in [5.74, 6) is 0.758. The number of fused-ring (bicyclic) bond motifs is 2. The van der Waals surface area contributed by atoms with Crippen LogP contribution in [0.5, 0.6) is 28.7 Å². The van der Waals surface area contributed by atoms with Crippen LogP contribution in [-0.4, -0.2) is 32.8 Å². The van der Waals surface area contributed by atoms with Gasteiger partial charge in [-0.25, -0.2) is 4.79 Å². The number of esters is 1. The van der Waals surface area contributed by atoms with E-state index < -0.39 is 5.97 Å². The van der Waals surface area contributed by atoms with Crippen LogP contribution < -0.4 is 23.7 Å². The average Bonchev–Trinajstić information content (AvgIpc) is 3.17. The van der Waals surface area contributed by atoms with Gasteiger partial charge in [-0.05, 0) is 42.5 Å². The van der Waals surface area contributed by atoms with Gasteiger partial charge >= 0.3 is 5.97 Å². The Hall–Kier alpha value is -4.01. The Bertz CT molecular complexity index is 1360. The van der Waals surface area contributed by atoms with E-state index in [9.17, 15) is 9.59 Å². The maximum absolute atomic E-state index is 12.9. The van der Waals surface area contributed by atoms with Gasteiger partial charge in [-0.15, -0.1) is 0 Å². The summed E-state index contributed by atoms with van der Waals surface area (Å²) in [5, 5.41) is 0.480. The van der Waals surface area contributed by atoms with Crippen molar-refractivity contribution in [2.75, 3.05) is 21.0 Å². The highest BCUT2D eigenvalue weighted by atomic mass is 35.5. The first kappa shape index (κ1) is 22.8. The highest BCUT2D eigenvalue weighted by Crippen LogP contribution is 2.38. The molecule has 8 nitrogen and oxygen atoms in total. The van der Waals surface area contributed by atoms with Crippen LogP contribution in [0.15, 0.2) is 54.3 Å². The lowest BCUT2D eigenvalue weighted by molar-refractivity contribution is -0.0165. The number of ketones is 1. The normalized spacial score (nSPS) is 15.1. The van der Waals surface area contributed by atoms with Crippen molar-refractivity contribution in [2.24, 2.45) is 0 Å². The van der Waals surface area contributed by atoms with Crippen LogP contribution in [0.25, 0.3) is 6.08 Å². The summed E-state index contributed by atoms with van der Waals surface area (Å²) in [4.78, 5) is 25.8. The van der Waals surface area contributed by atoms with Gasteiger partial charge in [-0.3, -0.25) is 4.79 Å². The number of Topliss-reactive ketones (excluding diaryl/α,β-unsaturated/α-hetero) is 1. The maximum atomic E-state index is 12.9. The minimum Gasteiger partial charge on any atom is -0.496 e. The Kier molecular flexibility index (Phi) is 6.07. The van der Waals surface area contributed by atoms with Gasteiger partial charge in [0.15, 0.2) is 12.6 Å². The summed E-state index contributed by atoms with van der Waals surface area (Å²) in [5.41, 5.74) is 1.86. The molecule has 5 rings (SSSR count). The predicted octanol–water partition coefficient (Wildman–Crippen LogP) is 5.06. The Morgan fingerprint density at radius 1 is 1.06 bits per heavy atom. The van der Waals surface area contributed by atoms with E-state index in [1.165, 1.54) is 26.4 Å². The quantitative estimate of drug-likeness (QED) is 0.276. The molecule has 0 radical (unpaired) electrons. The van der Waals surface area contributed by atoms with Crippen molar-refractivity contribution in [1.29, 1.82) is 0 Å². The number of rotatable bonds is 5. The van der Waals surface area contributed by atoms with Gasteiger partial charge in [0.1, 0.15) is 34.3 Å². The van der Waals surface area contributed by atoms with Gasteiger partial charge in [0.25, 0.3) is 0 Å². The number of carbonyl (C=O) groups excluding carboxylic acids is 2. The first-order valence-electron chi connectivity index (χ1n) is 10.5. The van der Waals surface area contributed by atoms with Crippen molar-refractivity contribution in [1.82, 2.24) is 0 Å². The van der Waals surface area contributed by atoms with Crippen LogP contribution in [0.2, 0.25) is 5.02 Å². The van der Waals surface area contributed by atoms with E-state index in [2.05, 4.69) is 0 Å². The van der Waals surface area contributed by atoms with Gasteiger partial charge in [-0.1, -0.05) is 17.7 Å². The summed E-state index contributed by atoms with van der Waals surface area (Å²) in [6.45, 7) is 0.457. The van der Waals surface area contributed by atoms with Crippen LogP contribution in [-0.2, 0) is 11.3 Å². The van der Waals surface area contributed by atoms with Crippen LogP contribution in [0.3, 0.4) is 0 Å². The third-order valence-corrected chi connectivity index (χ3v) is 5.69. The molecule has 2 aliphatic rings. The molecule has 0 unspecified atom stereocenters. The second-order valence-electron chi connectivity index (χ2n) is 7.62. The van der Waals surface area contributed by atoms with Crippen LogP contribution in [0, 0.1) is 0 Å². The number of methoxy groups -OCH3 is 2. The zero-order valence-corrected chi connectivity index (χ0v) is 19.5. The number of hydrogen-bond donors (Lipinski definition) is 0. The lowest BCUT2D eigenvalue weighted by Crippen LogP contribution is -2.12. The van der Waals surface area contributed by atoms with E-state index in [-0.39, 0.29) is 35.4 Å². The SMILES string of the molecule is COc1cccc(OC)c1C(=O)Oc1ccc2c(c1)OC(=Cc1cc(Cl)cc3c1OCOC3)C2=O. The van der Waals surface area contributed by atoms with Crippen LogP contribution >= 0.6 is 11.6 Å². The Balaban J connectivity index is 1.42. The second kappa shape index (κ2) is 9.32. The number of carbonyl (C=O) groups is 2. The molecule has 0 saturated heterocycles. The van der Waals surface area contributed by atoms with Crippen molar-refractivity contribution < 1.29 is 38.0 Å². The van der Waals surface area contributed by atoms with Gasteiger partial charge < -0.3 is 28.4 Å². The molecule has 0 fully saturated rings. The molecular formula is C26H19ClO8. The minimum absolute atomic E-state index is 0.0921. The molecule has 0 saturated carbocycles. The van der Waals surface area contributed by atoms with Crippen molar-refractivity contribution in [3.63, 3.8) is 0 Å². The first-order chi connectivity index (χ1) is 17.0. The fourth-order valence-corrected chi connectivity index (χ4v) is 4.15. The summed E-state index contributed by atoms with van der Waals surface area (Å²) >= 11 is 6.22. The number of ether oxygens (including phenoxy) is 6. The third-order valence-electron chi connectivity index (χ3n) is 5.47. The number of halogens is 1. The third kappa shape index (κ3) is 4.29. The second-order valence-corrected chi connectivity index (χ2v) is 8.06. The van der Waals surface area contributed by atoms with E-state index in [1.54, 1.807) is 42.5 Å². The standard InChI is InChI=1S/C26H19ClO8/c1-30-19-4-3-5-20(31-2)23(19)26(29)34-17-6-7-18-21(11-17)35-22(24(18)28)10-14-8-16(27)9-15-12-32-13-33-25(14)15/h3-11H,12-13H2,1-2H3. The van der Waals surface area contributed by atoms with Gasteiger partial charge in [0.2, 0.25) is 5.78 Å². The number of allylic oxidation sites excluding steroid dienone is 1. The highest BCUT2D eigenvalue weighted by Gasteiger charge is 2.29. The lowest BCUT2D eigenvalue weighted by atomic mass is 10.1. The molecular weight excluding hydrogens is 476 g/mol. The van der Waals surface area contributed by atoms with E-state index in [1.807, 2.05) is 0 Å². The number of benzene rings is 3. The van der Waals surface area contributed by atoms with Gasteiger partial charge in [0.05, 0.1) is 26.4 Å². The van der Waals surface area contributed by atoms with Crippen molar-refractivity contribution in [2.45, 2.75) is 6.61 Å². The molecule has 0 aliphatic carbocycles. The largest absolute Gasteiger partial charge is 0.496 e. The minimum atomic E-state index is -0.677. The van der Waals surface area contributed by atoms with E-state index in [4.69, 9.17) is 40.0 Å². The van der Waals surface area contributed by atoms with Crippen molar-refractivity contribution >= 4 is 29.4 Å². The Morgan fingerprint density at radius 3 is 2.57 bits per heavy atom. The molecule has 3 aromatic rings. The molecule has 2 aliphatic heterocycles. The fraction of sp³-hybridized carbons (Fsp3) is 0.154. The molecule has 0 N–H and O–H groups in total. The van der Waals surface area contributed by atoms with E-state index in [0.29, 0.717) is 40.0 Å². The maximum Gasteiger partial charge on any atom is 0.351 e. The van der Waals surface area contributed by atoms with Crippen molar-refractivity contribution in [3.8, 4) is 28.7 Å². The summed E-state index contributed by atoms with van der Waals surface area (Å²) in [7, 11) is 2.90. The van der Waals surface area contributed by atoms with Crippen molar-refractivity contribution in [3.05, 3.63) is 81.6 Å². The molecule has 0 amide bonds. The summed E-state index contributed by atoms with van der Waals surface area (Å²) < 4.78 is 32.8. The summed E-state index contributed by atoms with van der Waals surface area (Å²) in [6, 6.07) is 12.9. The Labute approximate surface area is 205 Å². The Morgan fingerprint density at radius 2 is 1.83 bits per heavy atom. The zero-order valence-electron chi connectivity index (χ0n) is 18.8. The monoisotopic (exact) mass is 494 g/mol. The molecule has 0 spiro atoms. The molecule has 2 heterocycles. The van der Waals surface area contributed by atoms with Crippen LogP contribution in [0.4, 0.5) is 0 Å². The molecule has 0 atom stereocenters. The van der Waals surface area contributed by atoms with E-state index >= 15 is 0 Å². The molecule has 0 bridgehead atoms. The lowest BCUT2D eigenvalue weighted by Gasteiger charge is -2.20. The average molecular weight is 495 g/mol. The molecule has 178 valence electrons. The first-order valence-corrected chi connectivity index (χ1v) is 10.9. The molecule has 3 aromatic carbocycles. The summed E-state index contributed by atoms with van der Waals surface area (Å²) in [6.07, 6.45) is 1.57. The van der Waals surface area contributed by atoms with E-state index in [0.717, 1.165) is 5.56 Å². The zero-order chi connectivity index (χ0) is 24.5. The fourth-order valence-electron chi connectivity index (χ4n) is 3.90. The van der Waals surface area contributed by atoms with Gasteiger partial charge in [0, 0.05) is 22.2 Å². The highest BCUT2D eigenvalue weighted by molar-refractivity contribution is 6.31.